The van der Waals surface area contributed by atoms with Gasteiger partial charge in [-0.2, -0.15) is 15.0 Å². The molecule has 0 saturated carbocycles. The van der Waals surface area contributed by atoms with Crippen molar-refractivity contribution in [2.45, 2.75) is 39.7 Å². The van der Waals surface area contributed by atoms with E-state index in [9.17, 15) is 4.79 Å². The lowest BCUT2D eigenvalue weighted by Crippen LogP contribution is -2.27. The number of halogens is 1. The second kappa shape index (κ2) is 7.99. The fourth-order valence-electron chi connectivity index (χ4n) is 3.00. The zero-order valence-electron chi connectivity index (χ0n) is 16.9. The van der Waals surface area contributed by atoms with Crippen molar-refractivity contribution in [2.75, 3.05) is 7.11 Å². The molecule has 0 spiro atoms. The highest BCUT2D eigenvalue weighted by molar-refractivity contribution is 14.1. The van der Waals surface area contributed by atoms with Gasteiger partial charge in [0.25, 0.3) is 0 Å². The molecule has 0 aliphatic heterocycles. The Kier molecular flexibility index (Phi) is 5.80. The SMILES string of the molecule is COc1cc2c(nc1-c1cccc(CC#N)c1C)c(I)nn2C(=O)OC(C)(C)C. The summed E-state index contributed by atoms with van der Waals surface area (Å²) in [6.07, 6.45) is -0.257. The summed E-state index contributed by atoms with van der Waals surface area (Å²) in [6, 6.07) is 9.70. The van der Waals surface area contributed by atoms with E-state index < -0.39 is 11.7 Å². The average Bonchev–Trinajstić information content (AvgIpc) is 2.97. The number of methoxy groups -OCH3 is 1. The highest BCUT2D eigenvalue weighted by Gasteiger charge is 2.24. The van der Waals surface area contributed by atoms with Crippen molar-refractivity contribution in [1.29, 1.82) is 5.26 Å². The van der Waals surface area contributed by atoms with E-state index in [2.05, 4.69) is 33.8 Å². The predicted molar refractivity (Wildman–Crippen MR) is 118 cm³/mol. The molecule has 2 aromatic heterocycles. The first-order valence-corrected chi connectivity index (χ1v) is 10.1. The average molecular weight is 504 g/mol. The van der Waals surface area contributed by atoms with Crippen LogP contribution in [0.4, 0.5) is 4.79 Å². The molecule has 0 N–H and O–H groups in total. The number of pyridine rings is 1. The number of fused-ring (bicyclic) bond motifs is 1. The Labute approximate surface area is 182 Å². The van der Waals surface area contributed by atoms with Crippen molar-refractivity contribution in [3.8, 4) is 23.1 Å². The van der Waals surface area contributed by atoms with Gasteiger partial charge in [-0.15, -0.1) is 0 Å². The van der Waals surface area contributed by atoms with E-state index in [1.807, 2.05) is 25.1 Å². The van der Waals surface area contributed by atoms with E-state index in [0.717, 1.165) is 16.7 Å². The molecule has 0 saturated heterocycles. The molecule has 0 aliphatic carbocycles. The molecule has 7 nitrogen and oxygen atoms in total. The lowest BCUT2D eigenvalue weighted by atomic mass is 9.97. The van der Waals surface area contributed by atoms with Gasteiger partial charge in [0.1, 0.15) is 31.8 Å². The minimum absolute atomic E-state index is 0.318. The second-order valence-electron chi connectivity index (χ2n) is 7.51. The molecular weight excluding hydrogens is 483 g/mol. The standard InChI is InChI=1S/C21H21IN4O3/c1-12-13(9-10-23)7-6-8-14(12)17-16(28-5)11-15-18(24-17)19(22)25-26(15)20(27)29-21(2,3)4/h6-8,11H,9H2,1-5H3. The van der Waals surface area contributed by atoms with Crippen LogP contribution in [0.1, 0.15) is 31.9 Å². The Balaban J connectivity index is 2.20. The van der Waals surface area contributed by atoms with Crippen LogP contribution in [0.5, 0.6) is 5.75 Å². The summed E-state index contributed by atoms with van der Waals surface area (Å²) in [5.41, 5.74) is 3.86. The summed E-state index contributed by atoms with van der Waals surface area (Å²) in [4.78, 5) is 17.4. The third kappa shape index (κ3) is 4.19. The quantitative estimate of drug-likeness (QED) is 0.473. The van der Waals surface area contributed by atoms with Gasteiger partial charge in [-0.1, -0.05) is 18.2 Å². The van der Waals surface area contributed by atoms with E-state index in [0.29, 0.717) is 32.6 Å². The van der Waals surface area contributed by atoms with Crippen LogP contribution in [0.15, 0.2) is 24.3 Å². The number of hydrogen-bond acceptors (Lipinski definition) is 6. The van der Waals surface area contributed by atoms with Gasteiger partial charge in [0.05, 0.1) is 19.6 Å². The summed E-state index contributed by atoms with van der Waals surface area (Å²) in [7, 11) is 1.56. The van der Waals surface area contributed by atoms with Crippen LogP contribution in [0.3, 0.4) is 0 Å². The van der Waals surface area contributed by atoms with Crippen molar-refractivity contribution < 1.29 is 14.3 Å². The molecular formula is C21H21IN4O3. The smallest absolute Gasteiger partial charge is 0.435 e. The van der Waals surface area contributed by atoms with Gasteiger partial charge in [0, 0.05) is 11.6 Å². The molecule has 8 heteroatoms. The van der Waals surface area contributed by atoms with Crippen LogP contribution < -0.4 is 4.74 Å². The number of carbonyl (C=O) groups is 1. The lowest BCUT2D eigenvalue weighted by Gasteiger charge is -2.19. The molecule has 29 heavy (non-hydrogen) atoms. The molecule has 0 unspecified atom stereocenters. The van der Waals surface area contributed by atoms with Crippen molar-refractivity contribution in [2.24, 2.45) is 0 Å². The van der Waals surface area contributed by atoms with Gasteiger partial charge < -0.3 is 9.47 Å². The van der Waals surface area contributed by atoms with Crippen molar-refractivity contribution in [3.05, 3.63) is 39.1 Å². The number of aromatic nitrogens is 3. The monoisotopic (exact) mass is 504 g/mol. The Morgan fingerprint density at radius 1 is 1.34 bits per heavy atom. The third-order valence-electron chi connectivity index (χ3n) is 4.34. The summed E-state index contributed by atoms with van der Waals surface area (Å²) >= 11 is 2.05. The van der Waals surface area contributed by atoms with Gasteiger partial charge in [-0.05, 0) is 61.4 Å². The molecule has 0 fully saturated rings. The van der Waals surface area contributed by atoms with Crippen LogP contribution in [-0.2, 0) is 11.2 Å². The summed E-state index contributed by atoms with van der Waals surface area (Å²) in [6.45, 7) is 7.36. The van der Waals surface area contributed by atoms with Crippen LogP contribution in [-0.4, -0.2) is 33.6 Å². The Morgan fingerprint density at radius 3 is 2.69 bits per heavy atom. The molecule has 3 aromatic rings. The second-order valence-corrected chi connectivity index (χ2v) is 8.54. The van der Waals surface area contributed by atoms with Gasteiger partial charge >= 0.3 is 6.09 Å². The maximum atomic E-state index is 12.6. The van der Waals surface area contributed by atoms with E-state index in [1.54, 1.807) is 33.9 Å². The van der Waals surface area contributed by atoms with Crippen LogP contribution in [0.25, 0.3) is 22.3 Å². The Morgan fingerprint density at radius 2 is 2.07 bits per heavy atom. The fraction of sp³-hybridized carbons (Fsp3) is 0.333. The zero-order valence-corrected chi connectivity index (χ0v) is 19.1. The van der Waals surface area contributed by atoms with Crippen molar-refractivity contribution in [1.82, 2.24) is 14.8 Å². The molecule has 0 atom stereocenters. The fourth-order valence-corrected chi connectivity index (χ4v) is 3.61. The summed E-state index contributed by atoms with van der Waals surface area (Å²) < 4.78 is 12.8. The number of rotatable bonds is 3. The van der Waals surface area contributed by atoms with E-state index in [1.165, 1.54) is 4.68 Å². The predicted octanol–water partition coefficient (Wildman–Crippen LogP) is 4.87. The van der Waals surface area contributed by atoms with E-state index in [-0.39, 0.29) is 0 Å². The Bertz CT molecular complexity index is 1140. The van der Waals surface area contributed by atoms with Gasteiger partial charge in [-0.25, -0.2) is 9.78 Å². The minimum Gasteiger partial charge on any atom is -0.494 e. The highest BCUT2D eigenvalue weighted by atomic mass is 127. The first-order chi connectivity index (χ1) is 13.7. The molecule has 3 rings (SSSR count). The molecule has 0 aliphatic rings. The largest absolute Gasteiger partial charge is 0.494 e. The van der Waals surface area contributed by atoms with Crippen LogP contribution >= 0.6 is 22.6 Å². The van der Waals surface area contributed by atoms with Crippen molar-refractivity contribution in [3.63, 3.8) is 0 Å². The van der Waals surface area contributed by atoms with Gasteiger partial charge in [-0.3, -0.25) is 0 Å². The lowest BCUT2D eigenvalue weighted by molar-refractivity contribution is 0.0522. The molecule has 2 heterocycles. The highest BCUT2D eigenvalue weighted by Crippen LogP contribution is 2.35. The molecule has 0 amide bonds. The maximum absolute atomic E-state index is 12.6. The normalized spacial score (nSPS) is 11.3. The molecule has 0 radical (unpaired) electrons. The Hall–Kier alpha value is -2.67. The van der Waals surface area contributed by atoms with Crippen LogP contribution in [0.2, 0.25) is 0 Å². The summed E-state index contributed by atoms with van der Waals surface area (Å²) in [5.74, 6) is 0.510. The van der Waals surface area contributed by atoms with E-state index >= 15 is 0 Å². The number of nitrogens with zero attached hydrogens (tertiary/aromatic N) is 4. The first kappa shape index (κ1) is 21.0. The number of hydrogen-bond donors (Lipinski definition) is 0. The molecule has 150 valence electrons. The maximum Gasteiger partial charge on any atom is 0.435 e. The topological polar surface area (TPSA) is 90.0 Å². The van der Waals surface area contributed by atoms with Crippen LogP contribution in [0, 0.1) is 22.0 Å². The molecule has 1 aromatic carbocycles. The van der Waals surface area contributed by atoms with Gasteiger partial charge in [0.2, 0.25) is 0 Å². The molecule has 0 bridgehead atoms. The van der Waals surface area contributed by atoms with Crippen molar-refractivity contribution >= 4 is 39.7 Å². The first-order valence-electron chi connectivity index (χ1n) is 8.98. The number of benzene rings is 1. The number of carbonyl (C=O) groups excluding carboxylic acids is 1. The zero-order chi connectivity index (χ0) is 21.3. The minimum atomic E-state index is -0.642. The number of ether oxygens (including phenoxy) is 2. The third-order valence-corrected chi connectivity index (χ3v) is 5.06. The van der Waals surface area contributed by atoms with Gasteiger partial charge in [0.15, 0.2) is 0 Å². The number of nitriles is 1. The van der Waals surface area contributed by atoms with E-state index in [4.69, 9.17) is 19.7 Å². The summed E-state index contributed by atoms with van der Waals surface area (Å²) in [5, 5.41) is 13.4.